The molecular weight excluding hydrogens is 512 g/mol. The molecule has 2 aliphatic rings. The Kier molecular flexibility index (Phi) is 6.84. The molecule has 3 aromatic rings. The lowest BCUT2D eigenvalue weighted by Crippen LogP contribution is -2.52. The third kappa shape index (κ3) is 4.50. The van der Waals surface area contributed by atoms with E-state index in [0.717, 1.165) is 9.69 Å². The maximum atomic E-state index is 13.6. The number of nitrogens with one attached hydrogen (secondary N) is 1. The second kappa shape index (κ2) is 10.1. The van der Waals surface area contributed by atoms with E-state index in [4.69, 9.17) is 4.42 Å². The van der Waals surface area contributed by atoms with Gasteiger partial charge in [-0.2, -0.15) is 4.31 Å². The summed E-state index contributed by atoms with van der Waals surface area (Å²) in [6.45, 7) is 1.47. The number of pyridine rings is 1. The Morgan fingerprint density at radius 2 is 1.92 bits per heavy atom. The van der Waals surface area contributed by atoms with Crippen LogP contribution in [0.1, 0.15) is 47.2 Å². The minimum absolute atomic E-state index is 0.0571. The molecule has 2 aliphatic heterocycles. The first-order valence-corrected chi connectivity index (χ1v) is 13.8. The topological polar surface area (TPSA) is 147 Å². The number of benzene rings is 1. The van der Waals surface area contributed by atoms with Crippen LogP contribution in [0.4, 0.5) is 0 Å². The molecule has 2 aromatic heterocycles. The molecule has 12 heteroatoms. The Labute approximate surface area is 218 Å². The normalized spacial score (nSPS) is 20.4. The van der Waals surface area contributed by atoms with E-state index in [-0.39, 0.29) is 24.4 Å². The fourth-order valence-electron chi connectivity index (χ4n) is 5.13. The van der Waals surface area contributed by atoms with Crippen LogP contribution in [0.5, 0.6) is 0 Å². The molecule has 0 spiro atoms. The van der Waals surface area contributed by atoms with Crippen molar-refractivity contribution in [3.8, 4) is 0 Å². The summed E-state index contributed by atoms with van der Waals surface area (Å²) < 4.78 is 32.7. The van der Waals surface area contributed by atoms with E-state index in [0.29, 0.717) is 18.4 Å². The van der Waals surface area contributed by atoms with Crippen LogP contribution in [0, 0.1) is 0 Å². The van der Waals surface area contributed by atoms with Crippen molar-refractivity contribution in [1.82, 2.24) is 19.5 Å². The van der Waals surface area contributed by atoms with E-state index in [1.54, 1.807) is 30.3 Å². The summed E-state index contributed by atoms with van der Waals surface area (Å²) >= 11 is 0. The largest absolute Gasteiger partial charge is 0.451 e. The van der Waals surface area contributed by atoms with Gasteiger partial charge in [-0.3, -0.25) is 24.2 Å². The van der Waals surface area contributed by atoms with E-state index in [2.05, 4.69) is 10.3 Å². The fraction of sp³-hybridized carbons (Fsp3) is 0.346. The van der Waals surface area contributed by atoms with E-state index < -0.39 is 57.4 Å². The van der Waals surface area contributed by atoms with Gasteiger partial charge < -0.3 is 14.6 Å². The Morgan fingerprint density at radius 3 is 2.63 bits per heavy atom. The van der Waals surface area contributed by atoms with Gasteiger partial charge >= 0.3 is 5.12 Å². The summed E-state index contributed by atoms with van der Waals surface area (Å²) in [4.78, 5) is 57.4. The van der Waals surface area contributed by atoms with Crippen molar-refractivity contribution in [3.63, 3.8) is 0 Å². The number of fused-ring (bicyclic) bond motifs is 2. The lowest BCUT2D eigenvalue weighted by molar-refractivity contribution is -0.138. The Balaban J connectivity index is 1.34. The highest BCUT2D eigenvalue weighted by molar-refractivity contribution is 8.04. The standard InChI is InChI=1S/C26H26N4O7S/c1-2-7-17(28-24(32)22-14-16-8-3-4-10-21(16)37-22)25(33)29-13-11-19-23(29)20(31)15-30(19)38(35,36)26(34)18-9-5-6-12-27-18/h3-6,8-10,12,14,17,19,23H,2,7,11,13,15H2,1H3,(H,28,32). The summed E-state index contributed by atoms with van der Waals surface area (Å²) in [5.41, 5.74) is 0.294. The first-order chi connectivity index (χ1) is 18.2. The number of hydrogen-bond acceptors (Lipinski definition) is 8. The van der Waals surface area contributed by atoms with Gasteiger partial charge in [-0.25, -0.2) is 8.42 Å². The van der Waals surface area contributed by atoms with E-state index in [1.807, 2.05) is 13.0 Å². The summed E-state index contributed by atoms with van der Waals surface area (Å²) in [5, 5.41) is 2.27. The Bertz CT molecular complexity index is 1490. The zero-order chi connectivity index (χ0) is 27.0. The number of nitrogens with zero attached hydrogens (tertiary/aromatic N) is 3. The van der Waals surface area contributed by atoms with Crippen LogP contribution in [0.15, 0.2) is 59.1 Å². The summed E-state index contributed by atoms with van der Waals surface area (Å²) in [7, 11) is -4.54. The molecule has 3 unspecified atom stereocenters. The van der Waals surface area contributed by atoms with Gasteiger partial charge in [0.2, 0.25) is 5.91 Å². The van der Waals surface area contributed by atoms with Crippen LogP contribution < -0.4 is 5.32 Å². The van der Waals surface area contributed by atoms with Crippen molar-refractivity contribution >= 4 is 43.7 Å². The van der Waals surface area contributed by atoms with Gasteiger partial charge in [-0.15, -0.1) is 0 Å². The minimum Gasteiger partial charge on any atom is -0.451 e. The molecular formula is C26H26N4O7S. The van der Waals surface area contributed by atoms with E-state index in [9.17, 15) is 27.6 Å². The minimum atomic E-state index is -4.54. The van der Waals surface area contributed by atoms with E-state index in [1.165, 1.54) is 23.2 Å². The molecule has 1 N–H and O–H groups in total. The van der Waals surface area contributed by atoms with Crippen molar-refractivity contribution in [1.29, 1.82) is 0 Å². The highest BCUT2D eigenvalue weighted by atomic mass is 32.2. The van der Waals surface area contributed by atoms with Crippen LogP contribution in [0.3, 0.4) is 0 Å². The monoisotopic (exact) mass is 538 g/mol. The van der Waals surface area contributed by atoms with Crippen LogP contribution in [-0.2, 0) is 19.6 Å². The van der Waals surface area contributed by atoms with Crippen molar-refractivity contribution in [2.45, 2.75) is 44.3 Å². The first kappa shape index (κ1) is 25.7. The number of furan rings is 1. The van der Waals surface area contributed by atoms with Gasteiger partial charge in [0.25, 0.3) is 15.9 Å². The highest BCUT2D eigenvalue weighted by Gasteiger charge is 2.55. The molecule has 0 radical (unpaired) electrons. The molecule has 2 saturated heterocycles. The molecule has 198 valence electrons. The third-order valence-electron chi connectivity index (χ3n) is 6.91. The SMILES string of the molecule is CCCC(NC(=O)c1cc2ccccc2o1)C(=O)N1CCC2C1C(=O)CN2S(=O)(=O)C(=O)c1ccccn1. The molecule has 0 saturated carbocycles. The molecule has 0 bridgehead atoms. The van der Waals surface area contributed by atoms with Gasteiger partial charge in [-0.05, 0) is 37.1 Å². The average molecular weight is 539 g/mol. The second-order valence-electron chi connectivity index (χ2n) is 9.31. The zero-order valence-corrected chi connectivity index (χ0v) is 21.4. The summed E-state index contributed by atoms with van der Waals surface area (Å²) in [5.74, 6) is -1.46. The van der Waals surface area contributed by atoms with Gasteiger partial charge in [0.1, 0.15) is 23.4 Å². The number of carbonyl (C=O) groups excluding carboxylic acids is 4. The molecule has 11 nitrogen and oxygen atoms in total. The van der Waals surface area contributed by atoms with Crippen LogP contribution in [-0.4, -0.2) is 76.5 Å². The van der Waals surface area contributed by atoms with Crippen molar-refractivity contribution in [2.75, 3.05) is 13.1 Å². The van der Waals surface area contributed by atoms with Crippen molar-refractivity contribution < 1.29 is 32.0 Å². The van der Waals surface area contributed by atoms with Crippen LogP contribution >= 0.6 is 0 Å². The number of rotatable bonds is 7. The third-order valence-corrected chi connectivity index (χ3v) is 8.60. The van der Waals surface area contributed by atoms with Crippen LogP contribution in [0.25, 0.3) is 11.0 Å². The molecule has 1 aromatic carbocycles. The van der Waals surface area contributed by atoms with Crippen molar-refractivity contribution in [3.05, 3.63) is 66.2 Å². The molecule has 2 amide bonds. The smallest absolute Gasteiger partial charge is 0.310 e. The number of likely N-dealkylation sites (tertiary alicyclic amines) is 1. The van der Waals surface area contributed by atoms with Gasteiger partial charge in [-0.1, -0.05) is 37.6 Å². The number of hydrogen-bond donors (Lipinski definition) is 1. The zero-order valence-electron chi connectivity index (χ0n) is 20.6. The van der Waals surface area contributed by atoms with Crippen LogP contribution in [0.2, 0.25) is 0 Å². The molecule has 4 heterocycles. The first-order valence-electron chi connectivity index (χ1n) is 12.3. The molecule has 5 rings (SSSR count). The summed E-state index contributed by atoms with van der Waals surface area (Å²) in [6, 6.07) is 10.2. The number of Topliss-reactive ketones (excluding diaryl/α,β-unsaturated/α-hetero) is 1. The Hall–Kier alpha value is -3.90. The van der Waals surface area contributed by atoms with E-state index >= 15 is 0 Å². The predicted molar refractivity (Wildman–Crippen MR) is 135 cm³/mol. The molecule has 2 fully saturated rings. The molecule has 3 atom stereocenters. The second-order valence-corrected chi connectivity index (χ2v) is 11.1. The molecule has 0 aliphatic carbocycles. The maximum absolute atomic E-state index is 13.6. The summed E-state index contributed by atoms with van der Waals surface area (Å²) in [6.07, 6.45) is 2.39. The number of sulfonamides is 1. The Morgan fingerprint density at radius 1 is 1.16 bits per heavy atom. The number of aromatic nitrogens is 1. The number of amides is 2. The van der Waals surface area contributed by atoms with Gasteiger partial charge in [0.05, 0.1) is 12.6 Å². The lowest BCUT2D eigenvalue weighted by Gasteiger charge is -2.28. The number of ketones is 1. The maximum Gasteiger partial charge on any atom is 0.310 e. The predicted octanol–water partition coefficient (Wildman–Crippen LogP) is 1.75. The molecule has 38 heavy (non-hydrogen) atoms. The lowest BCUT2D eigenvalue weighted by atomic mass is 10.1. The number of carbonyl (C=O) groups is 4. The van der Waals surface area contributed by atoms with Crippen molar-refractivity contribution in [2.24, 2.45) is 0 Å². The fourth-order valence-corrected chi connectivity index (χ4v) is 6.60. The van der Waals surface area contributed by atoms with Gasteiger partial charge in [0.15, 0.2) is 11.5 Å². The quantitative estimate of drug-likeness (QED) is 0.479. The highest BCUT2D eigenvalue weighted by Crippen LogP contribution is 2.33. The number of para-hydroxylation sites is 1. The van der Waals surface area contributed by atoms with Gasteiger partial charge in [0, 0.05) is 18.1 Å². The average Bonchev–Trinajstić information content (AvgIpc) is 3.63.